The van der Waals surface area contributed by atoms with Gasteiger partial charge in [0.15, 0.2) is 0 Å². The van der Waals surface area contributed by atoms with Gasteiger partial charge in [0.1, 0.15) is 0 Å². The summed E-state index contributed by atoms with van der Waals surface area (Å²) in [6, 6.07) is 0. The molecule has 0 fully saturated rings. The average molecular weight is 282 g/mol. The second-order valence-electron chi connectivity index (χ2n) is 3.95. The van der Waals surface area contributed by atoms with Crippen molar-refractivity contribution in [3.05, 3.63) is 0 Å². The van der Waals surface area contributed by atoms with Gasteiger partial charge in [-0.2, -0.15) is 15.0 Å². The van der Waals surface area contributed by atoms with Gasteiger partial charge in [0.05, 0.1) is 0 Å². The summed E-state index contributed by atoms with van der Waals surface area (Å²) in [5.41, 5.74) is 2.41. The molecular weight excluding hydrogens is 260 g/mol. The number of amides is 1. The molecule has 5 N–H and O–H groups in total. The minimum Gasteiger partial charge on any atom is -0.359 e. The molecule has 0 atom stereocenters. The van der Waals surface area contributed by atoms with Gasteiger partial charge in [0, 0.05) is 33.1 Å². The van der Waals surface area contributed by atoms with E-state index in [4.69, 9.17) is 5.84 Å². The molecule has 112 valence electrons. The van der Waals surface area contributed by atoms with Gasteiger partial charge in [-0.3, -0.25) is 10.2 Å². The van der Waals surface area contributed by atoms with Gasteiger partial charge in [0.2, 0.25) is 23.8 Å². The highest BCUT2D eigenvalue weighted by Crippen LogP contribution is 2.12. The van der Waals surface area contributed by atoms with E-state index in [1.54, 1.807) is 7.05 Å². The number of nitrogens with zero attached hydrogens (tertiary/aromatic N) is 4. The third kappa shape index (κ3) is 4.50. The highest BCUT2D eigenvalue weighted by molar-refractivity contribution is 5.75. The molecule has 20 heavy (non-hydrogen) atoms. The number of hydrogen-bond acceptors (Lipinski definition) is 8. The quantitative estimate of drug-likeness (QED) is 0.374. The van der Waals surface area contributed by atoms with Gasteiger partial charge in [-0.25, -0.2) is 5.84 Å². The van der Waals surface area contributed by atoms with Crippen LogP contribution in [0.15, 0.2) is 0 Å². The molecule has 0 bridgehead atoms. The molecule has 1 rings (SSSR count). The summed E-state index contributed by atoms with van der Waals surface area (Å²) in [5, 5.41) is 5.53. The Hall–Kier alpha value is -2.16. The Balaban J connectivity index is 2.79. The van der Waals surface area contributed by atoms with Crippen LogP contribution in [0.1, 0.15) is 20.3 Å². The molecule has 0 aliphatic rings. The average Bonchev–Trinajstić information content (AvgIpc) is 2.48. The lowest BCUT2D eigenvalue weighted by Gasteiger charge is -2.19. The van der Waals surface area contributed by atoms with E-state index >= 15 is 0 Å². The van der Waals surface area contributed by atoms with Crippen molar-refractivity contribution >= 4 is 23.8 Å². The van der Waals surface area contributed by atoms with Crippen LogP contribution in [-0.2, 0) is 4.79 Å². The fourth-order valence-electron chi connectivity index (χ4n) is 1.57. The maximum Gasteiger partial charge on any atom is 0.243 e. The van der Waals surface area contributed by atoms with E-state index in [-0.39, 0.29) is 11.9 Å². The highest BCUT2D eigenvalue weighted by atomic mass is 16.1. The van der Waals surface area contributed by atoms with Gasteiger partial charge in [-0.05, 0) is 13.8 Å². The number of hydrogen-bond donors (Lipinski definition) is 4. The zero-order valence-electron chi connectivity index (χ0n) is 12.1. The Morgan fingerprint density at radius 3 is 2.40 bits per heavy atom. The maximum atomic E-state index is 11.1. The van der Waals surface area contributed by atoms with Crippen molar-refractivity contribution in [1.82, 2.24) is 20.3 Å². The Bertz CT molecular complexity index is 434. The molecule has 0 saturated carbocycles. The molecule has 0 aromatic carbocycles. The van der Waals surface area contributed by atoms with Crippen molar-refractivity contribution in [2.24, 2.45) is 5.84 Å². The number of hydrazine groups is 1. The first-order valence-corrected chi connectivity index (χ1v) is 6.56. The fraction of sp³-hybridized carbons (Fsp3) is 0.636. The van der Waals surface area contributed by atoms with Gasteiger partial charge in [0.25, 0.3) is 0 Å². The van der Waals surface area contributed by atoms with Gasteiger partial charge in [-0.1, -0.05) is 0 Å². The predicted octanol–water partition coefficient (Wildman–Crippen LogP) is -0.449. The molecule has 0 aliphatic heterocycles. The number of nitrogens with two attached hydrogens (primary N) is 1. The molecule has 1 aromatic rings. The maximum absolute atomic E-state index is 11.1. The summed E-state index contributed by atoms with van der Waals surface area (Å²) in [6.45, 7) is 6.03. The molecule has 9 heteroatoms. The predicted molar refractivity (Wildman–Crippen MR) is 78.4 cm³/mol. The lowest BCUT2D eigenvalue weighted by atomic mass is 10.4. The van der Waals surface area contributed by atoms with E-state index in [0.29, 0.717) is 24.9 Å². The van der Waals surface area contributed by atoms with Crippen LogP contribution in [0.3, 0.4) is 0 Å². The summed E-state index contributed by atoms with van der Waals surface area (Å²) in [5.74, 6) is 6.52. The lowest BCUT2D eigenvalue weighted by Crippen LogP contribution is -2.26. The number of carbonyl (C=O) groups excluding carboxylic acids is 1. The van der Waals surface area contributed by atoms with Crippen LogP contribution in [0.5, 0.6) is 0 Å². The number of carbonyl (C=O) groups is 1. The standard InChI is InChI=1S/C11H22N8O/c1-4-19(5-2)11-16-9(15-10(17-11)18-12)14-7-6-8(20)13-3/h4-7,12H2,1-3H3,(H,13,20)(H2,14,15,16,17,18). The van der Waals surface area contributed by atoms with E-state index in [1.807, 2.05) is 18.7 Å². The molecule has 9 nitrogen and oxygen atoms in total. The Labute approximate surface area is 118 Å². The van der Waals surface area contributed by atoms with Crippen molar-refractivity contribution in [2.45, 2.75) is 20.3 Å². The van der Waals surface area contributed by atoms with Crippen LogP contribution >= 0.6 is 0 Å². The zero-order chi connectivity index (χ0) is 15.0. The lowest BCUT2D eigenvalue weighted by molar-refractivity contribution is -0.120. The molecule has 1 aromatic heterocycles. The van der Waals surface area contributed by atoms with Gasteiger partial charge < -0.3 is 15.5 Å². The van der Waals surface area contributed by atoms with Crippen molar-refractivity contribution in [3.63, 3.8) is 0 Å². The monoisotopic (exact) mass is 282 g/mol. The second kappa shape index (κ2) is 8.10. The van der Waals surface area contributed by atoms with Crippen molar-refractivity contribution < 1.29 is 4.79 Å². The third-order valence-electron chi connectivity index (χ3n) is 2.71. The molecular formula is C11H22N8O. The van der Waals surface area contributed by atoms with Crippen LogP contribution in [0.4, 0.5) is 17.8 Å². The molecule has 0 aliphatic carbocycles. The zero-order valence-corrected chi connectivity index (χ0v) is 12.1. The van der Waals surface area contributed by atoms with E-state index in [0.717, 1.165) is 13.1 Å². The van der Waals surface area contributed by atoms with Crippen LogP contribution in [-0.4, -0.2) is 47.5 Å². The summed E-state index contributed by atoms with van der Waals surface area (Å²) >= 11 is 0. The SMILES string of the molecule is CCN(CC)c1nc(NN)nc(NCCC(=O)NC)n1. The highest BCUT2D eigenvalue weighted by Gasteiger charge is 2.10. The minimum absolute atomic E-state index is 0.0484. The van der Waals surface area contributed by atoms with E-state index in [9.17, 15) is 4.79 Å². The van der Waals surface area contributed by atoms with Gasteiger partial charge >= 0.3 is 0 Å². The number of nitrogens with one attached hydrogen (secondary N) is 3. The summed E-state index contributed by atoms with van der Waals surface area (Å²) in [7, 11) is 1.60. The van der Waals surface area contributed by atoms with Crippen molar-refractivity contribution in [3.8, 4) is 0 Å². The largest absolute Gasteiger partial charge is 0.359 e. The van der Waals surface area contributed by atoms with Crippen molar-refractivity contribution in [1.29, 1.82) is 0 Å². The first kappa shape index (κ1) is 15.9. The fourth-order valence-corrected chi connectivity index (χ4v) is 1.57. The number of nitrogen functional groups attached to an aromatic ring is 1. The molecule has 0 unspecified atom stereocenters. The first-order valence-electron chi connectivity index (χ1n) is 6.56. The minimum atomic E-state index is -0.0484. The van der Waals surface area contributed by atoms with Crippen LogP contribution in [0, 0.1) is 0 Å². The number of rotatable bonds is 8. The summed E-state index contributed by atoms with van der Waals surface area (Å²) in [4.78, 5) is 25.7. The Morgan fingerprint density at radius 1 is 1.20 bits per heavy atom. The van der Waals surface area contributed by atoms with E-state index < -0.39 is 0 Å². The topological polar surface area (TPSA) is 121 Å². The summed E-state index contributed by atoms with van der Waals surface area (Å²) in [6.07, 6.45) is 0.341. The molecule has 0 spiro atoms. The van der Waals surface area contributed by atoms with Gasteiger partial charge in [-0.15, -0.1) is 0 Å². The smallest absolute Gasteiger partial charge is 0.243 e. The normalized spacial score (nSPS) is 10.0. The van der Waals surface area contributed by atoms with Crippen LogP contribution < -0.4 is 26.8 Å². The third-order valence-corrected chi connectivity index (χ3v) is 2.71. The molecule has 0 radical (unpaired) electrons. The Morgan fingerprint density at radius 2 is 1.85 bits per heavy atom. The van der Waals surface area contributed by atoms with E-state index in [2.05, 4.69) is 31.0 Å². The van der Waals surface area contributed by atoms with Crippen LogP contribution in [0.2, 0.25) is 0 Å². The Kier molecular flexibility index (Phi) is 6.44. The first-order chi connectivity index (χ1) is 9.64. The molecule has 1 heterocycles. The molecule has 0 saturated heterocycles. The van der Waals surface area contributed by atoms with Crippen LogP contribution in [0.25, 0.3) is 0 Å². The number of anilines is 3. The second-order valence-corrected chi connectivity index (χ2v) is 3.95. The number of aromatic nitrogens is 3. The van der Waals surface area contributed by atoms with E-state index in [1.165, 1.54) is 0 Å². The molecule has 1 amide bonds. The summed E-state index contributed by atoms with van der Waals surface area (Å²) < 4.78 is 0. The van der Waals surface area contributed by atoms with Crippen molar-refractivity contribution in [2.75, 3.05) is 42.3 Å².